The zero-order valence-corrected chi connectivity index (χ0v) is 16.6. The van der Waals surface area contributed by atoms with E-state index < -0.39 is 11.1 Å². The average Bonchev–Trinajstić information content (AvgIpc) is 3.15. The summed E-state index contributed by atoms with van der Waals surface area (Å²) in [6, 6.07) is 16.1. The average molecular weight is 410 g/mol. The van der Waals surface area contributed by atoms with Crippen molar-refractivity contribution in [1.29, 1.82) is 0 Å². The van der Waals surface area contributed by atoms with Crippen LogP contribution in [-0.2, 0) is 4.79 Å². The Bertz CT molecular complexity index is 1130. The van der Waals surface area contributed by atoms with Crippen LogP contribution in [0.3, 0.4) is 0 Å². The molecule has 4 rings (SSSR count). The van der Waals surface area contributed by atoms with E-state index in [1.807, 2.05) is 30.3 Å². The molecule has 7 heteroatoms. The van der Waals surface area contributed by atoms with Crippen LogP contribution in [0.25, 0.3) is 21.3 Å². The van der Waals surface area contributed by atoms with Crippen LogP contribution < -0.4 is 5.32 Å². The van der Waals surface area contributed by atoms with Gasteiger partial charge in [0.2, 0.25) is 5.91 Å². The highest BCUT2D eigenvalue weighted by molar-refractivity contribution is 8.00. The molecule has 0 saturated carbocycles. The van der Waals surface area contributed by atoms with Crippen molar-refractivity contribution in [2.75, 3.05) is 5.32 Å². The molecule has 0 aliphatic carbocycles. The number of aromatic nitrogens is 2. The fraction of sp³-hybridized carbons (Fsp3) is 0.0952. The Morgan fingerprint density at radius 3 is 2.64 bits per heavy atom. The first-order valence-electron chi connectivity index (χ1n) is 8.63. The van der Waals surface area contributed by atoms with E-state index in [2.05, 4.69) is 20.7 Å². The number of nitrogens with one attached hydrogen (secondary N) is 1. The molecular weight excluding hydrogens is 393 g/mol. The number of para-hydroxylation sites is 1. The number of nitrogens with zero attached hydrogens (tertiary/aromatic N) is 2. The van der Waals surface area contributed by atoms with Crippen LogP contribution >= 0.6 is 23.1 Å². The lowest BCUT2D eigenvalue weighted by Crippen LogP contribution is -2.23. The van der Waals surface area contributed by atoms with Crippen LogP contribution in [0.5, 0.6) is 0 Å². The standard InChI is InChI=1S/C21H16FN3OS2/c1-13(19(26)25-17-10-6-5-9-16(17)22)28-21-18-15(14-7-3-2-4-8-14)11-27-20(18)23-12-24-21/h2-13H,1H3,(H,25,26). The van der Waals surface area contributed by atoms with E-state index in [1.165, 1.54) is 24.2 Å². The number of halogens is 1. The molecule has 0 spiro atoms. The van der Waals surface area contributed by atoms with Gasteiger partial charge in [-0.2, -0.15) is 0 Å². The monoisotopic (exact) mass is 409 g/mol. The number of hydrogen-bond donors (Lipinski definition) is 1. The van der Waals surface area contributed by atoms with Gasteiger partial charge in [-0.25, -0.2) is 14.4 Å². The Kier molecular flexibility index (Phi) is 5.36. The summed E-state index contributed by atoms with van der Waals surface area (Å²) in [7, 11) is 0. The highest BCUT2D eigenvalue weighted by atomic mass is 32.2. The second-order valence-corrected chi connectivity index (χ2v) is 8.29. The van der Waals surface area contributed by atoms with Gasteiger partial charge in [0.25, 0.3) is 0 Å². The number of benzene rings is 2. The minimum atomic E-state index is -0.457. The number of carbonyl (C=O) groups excluding carboxylic acids is 1. The van der Waals surface area contributed by atoms with Gasteiger partial charge in [-0.1, -0.05) is 54.2 Å². The lowest BCUT2D eigenvalue weighted by molar-refractivity contribution is -0.115. The number of anilines is 1. The van der Waals surface area contributed by atoms with Gasteiger partial charge in [0.1, 0.15) is 22.0 Å². The van der Waals surface area contributed by atoms with Crippen molar-refractivity contribution in [1.82, 2.24) is 9.97 Å². The van der Waals surface area contributed by atoms with Gasteiger partial charge >= 0.3 is 0 Å². The molecular formula is C21H16FN3OS2. The van der Waals surface area contributed by atoms with E-state index in [0.717, 1.165) is 26.4 Å². The van der Waals surface area contributed by atoms with Crippen LogP contribution in [0, 0.1) is 5.82 Å². The smallest absolute Gasteiger partial charge is 0.237 e. The summed E-state index contributed by atoms with van der Waals surface area (Å²) in [5, 5.41) is 5.92. The van der Waals surface area contributed by atoms with E-state index in [9.17, 15) is 9.18 Å². The van der Waals surface area contributed by atoms with Crippen LogP contribution in [0.1, 0.15) is 6.92 Å². The van der Waals surface area contributed by atoms with Crippen molar-refractivity contribution in [2.45, 2.75) is 17.2 Å². The van der Waals surface area contributed by atoms with Crippen molar-refractivity contribution in [3.05, 3.63) is 72.1 Å². The molecule has 1 atom stereocenters. The zero-order valence-electron chi connectivity index (χ0n) is 14.9. The fourth-order valence-corrected chi connectivity index (χ4v) is 4.70. The summed E-state index contributed by atoms with van der Waals surface area (Å²) in [5.41, 5.74) is 2.30. The van der Waals surface area contributed by atoms with Gasteiger partial charge in [0.15, 0.2) is 0 Å². The molecule has 1 N–H and O–H groups in total. The van der Waals surface area contributed by atoms with Gasteiger partial charge < -0.3 is 5.32 Å². The minimum absolute atomic E-state index is 0.174. The lowest BCUT2D eigenvalue weighted by atomic mass is 10.1. The van der Waals surface area contributed by atoms with Gasteiger partial charge in [0, 0.05) is 10.9 Å². The Labute approximate surface area is 169 Å². The topological polar surface area (TPSA) is 54.9 Å². The van der Waals surface area contributed by atoms with Crippen LogP contribution in [0.2, 0.25) is 0 Å². The molecule has 1 unspecified atom stereocenters. The number of thiophene rings is 1. The number of rotatable bonds is 5. The Hall–Kier alpha value is -2.77. The predicted molar refractivity (Wildman–Crippen MR) is 113 cm³/mol. The first-order valence-corrected chi connectivity index (χ1v) is 10.4. The van der Waals surface area contributed by atoms with E-state index in [1.54, 1.807) is 36.5 Å². The molecule has 4 aromatic rings. The molecule has 0 aliphatic heterocycles. The summed E-state index contributed by atoms with van der Waals surface area (Å²) in [6.45, 7) is 1.78. The van der Waals surface area contributed by atoms with E-state index in [4.69, 9.17) is 0 Å². The second kappa shape index (κ2) is 8.08. The molecule has 2 aromatic heterocycles. The second-order valence-electron chi connectivity index (χ2n) is 6.10. The molecule has 0 aliphatic rings. The molecule has 0 fully saturated rings. The molecule has 2 heterocycles. The first-order chi connectivity index (χ1) is 13.6. The van der Waals surface area contributed by atoms with E-state index in [0.29, 0.717) is 0 Å². The number of carbonyl (C=O) groups is 1. The summed E-state index contributed by atoms with van der Waals surface area (Å²) in [4.78, 5) is 22.2. The summed E-state index contributed by atoms with van der Waals surface area (Å²) >= 11 is 2.89. The van der Waals surface area contributed by atoms with Gasteiger partial charge in [-0.3, -0.25) is 4.79 Å². The summed E-state index contributed by atoms with van der Waals surface area (Å²) in [6.07, 6.45) is 1.51. The van der Waals surface area contributed by atoms with Crippen molar-refractivity contribution >= 4 is 44.9 Å². The maximum atomic E-state index is 13.8. The number of hydrogen-bond acceptors (Lipinski definition) is 5. The third kappa shape index (κ3) is 3.76. The quantitative estimate of drug-likeness (QED) is 0.343. The minimum Gasteiger partial charge on any atom is -0.323 e. The first kappa shape index (κ1) is 18.6. The summed E-state index contributed by atoms with van der Waals surface area (Å²) < 4.78 is 13.8. The van der Waals surface area contributed by atoms with Crippen molar-refractivity contribution in [2.24, 2.45) is 0 Å². The van der Waals surface area contributed by atoms with Gasteiger partial charge in [-0.15, -0.1) is 11.3 Å². The molecule has 0 radical (unpaired) electrons. The largest absolute Gasteiger partial charge is 0.323 e. The summed E-state index contributed by atoms with van der Waals surface area (Å²) in [5.74, 6) is -0.736. The number of thioether (sulfide) groups is 1. The fourth-order valence-electron chi connectivity index (χ4n) is 2.79. The van der Waals surface area contributed by atoms with Crippen molar-refractivity contribution < 1.29 is 9.18 Å². The normalized spacial score (nSPS) is 12.1. The predicted octanol–water partition coefficient (Wildman–Crippen LogP) is 5.62. The Balaban J connectivity index is 1.62. The SMILES string of the molecule is CC(Sc1ncnc2scc(-c3ccccc3)c12)C(=O)Nc1ccccc1F. The van der Waals surface area contributed by atoms with Gasteiger partial charge in [-0.05, 0) is 24.6 Å². The molecule has 1 amide bonds. The molecule has 2 aromatic carbocycles. The highest BCUT2D eigenvalue weighted by Gasteiger charge is 2.20. The Morgan fingerprint density at radius 2 is 1.86 bits per heavy atom. The van der Waals surface area contributed by atoms with Gasteiger partial charge in [0.05, 0.1) is 16.3 Å². The highest BCUT2D eigenvalue weighted by Crippen LogP contribution is 2.39. The third-order valence-corrected chi connectivity index (χ3v) is 6.20. The molecule has 140 valence electrons. The van der Waals surface area contributed by atoms with E-state index in [-0.39, 0.29) is 11.6 Å². The molecule has 28 heavy (non-hydrogen) atoms. The number of amides is 1. The van der Waals surface area contributed by atoms with E-state index >= 15 is 0 Å². The maximum Gasteiger partial charge on any atom is 0.237 e. The molecule has 4 nitrogen and oxygen atoms in total. The Morgan fingerprint density at radius 1 is 1.11 bits per heavy atom. The zero-order chi connectivity index (χ0) is 19.5. The lowest BCUT2D eigenvalue weighted by Gasteiger charge is -2.13. The maximum absolute atomic E-state index is 13.8. The third-order valence-electron chi connectivity index (χ3n) is 4.21. The number of fused-ring (bicyclic) bond motifs is 1. The van der Waals surface area contributed by atoms with Crippen LogP contribution in [0.15, 0.2) is 71.3 Å². The molecule has 0 saturated heterocycles. The van der Waals surface area contributed by atoms with Crippen molar-refractivity contribution in [3.63, 3.8) is 0 Å². The molecule has 0 bridgehead atoms. The van der Waals surface area contributed by atoms with Crippen molar-refractivity contribution in [3.8, 4) is 11.1 Å². The van der Waals surface area contributed by atoms with Crippen LogP contribution in [0.4, 0.5) is 10.1 Å². The van der Waals surface area contributed by atoms with Crippen LogP contribution in [-0.4, -0.2) is 21.1 Å².